The van der Waals surface area contributed by atoms with Crippen LogP contribution >= 0.6 is 0 Å². The molecule has 0 N–H and O–H groups in total. The van der Waals surface area contributed by atoms with E-state index in [2.05, 4.69) is 6.92 Å². The largest absolute Gasteiger partial charge is 0.457 e. The van der Waals surface area contributed by atoms with Gasteiger partial charge in [0.1, 0.15) is 11.9 Å². The lowest BCUT2D eigenvalue weighted by molar-refractivity contribution is -0.0451. The fraction of sp³-hybridized carbons (Fsp3) is 0.667. The van der Waals surface area contributed by atoms with Crippen LogP contribution in [0.3, 0.4) is 0 Å². The maximum absolute atomic E-state index is 14.8. The number of esters is 1. The van der Waals surface area contributed by atoms with Crippen molar-refractivity contribution >= 4 is 11.8 Å². The summed E-state index contributed by atoms with van der Waals surface area (Å²) in [6.45, 7) is 9.29. The van der Waals surface area contributed by atoms with Gasteiger partial charge in [0.05, 0.1) is 24.9 Å². The summed E-state index contributed by atoms with van der Waals surface area (Å²) in [4.78, 5) is 12.4. The molecular weight excluding hydrogens is 426 g/mol. The number of halogens is 2. The number of ether oxygens (including phenoxy) is 3. The molecule has 33 heavy (non-hydrogen) atoms. The molecule has 1 saturated carbocycles. The van der Waals surface area contributed by atoms with Gasteiger partial charge in [-0.15, -0.1) is 0 Å². The summed E-state index contributed by atoms with van der Waals surface area (Å²) in [5.74, 6) is -1.72. The first kappa shape index (κ1) is 27.5. The predicted molar refractivity (Wildman–Crippen MR) is 127 cm³/mol. The minimum Gasteiger partial charge on any atom is -0.457 e. The van der Waals surface area contributed by atoms with E-state index < -0.39 is 23.7 Å². The highest BCUT2D eigenvalue weighted by atomic mass is 19.2. The Kier molecular flexibility index (Phi) is 12.0. The third kappa shape index (κ3) is 9.17. The molecule has 0 saturated heterocycles. The average molecular weight is 467 g/mol. The van der Waals surface area contributed by atoms with Gasteiger partial charge in [0.2, 0.25) is 0 Å². The minimum absolute atomic E-state index is 0.0941. The molecule has 0 spiro atoms. The highest BCUT2D eigenvalue weighted by Gasteiger charge is 2.26. The highest BCUT2D eigenvalue weighted by Crippen LogP contribution is 2.39. The minimum atomic E-state index is -0.824. The monoisotopic (exact) mass is 466 g/mol. The Morgan fingerprint density at radius 3 is 2.18 bits per heavy atom. The van der Waals surface area contributed by atoms with Gasteiger partial charge < -0.3 is 14.2 Å². The summed E-state index contributed by atoms with van der Waals surface area (Å²) in [6, 6.07) is 5.81. The first-order valence-electron chi connectivity index (χ1n) is 12.4. The predicted octanol–water partition coefficient (Wildman–Crippen LogP) is 7.28. The number of hydrogen-bond acceptors (Lipinski definition) is 4. The Bertz CT molecular complexity index is 739. The van der Waals surface area contributed by atoms with Crippen molar-refractivity contribution in [2.75, 3.05) is 19.8 Å². The molecule has 4 nitrogen and oxygen atoms in total. The molecular formula is C27H40F2O4. The van der Waals surface area contributed by atoms with Gasteiger partial charge >= 0.3 is 5.97 Å². The molecule has 1 aromatic rings. The lowest BCUT2D eigenvalue weighted by Gasteiger charge is -2.27. The van der Waals surface area contributed by atoms with Gasteiger partial charge in [0.15, 0.2) is 5.83 Å². The SMILES string of the molecule is CCCOC[C@@H](C)OC[C@H](C)OC(=O)c1ccc(/C(F)=C(\F)C2CCC(CCC)CC2)cc1. The molecule has 1 aromatic carbocycles. The molecule has 0 aromatic heterocycles. The van der Waals surface area contributed by atoms with Gasteiger partial charge in [-0.3, -0.25) is 0 Å². The quantitative estimate of drug-likeness (QED) is 0.226. The van der Waals surface area contributed by atoms with Crippen molar-refractivity contribution in [1.29, 1.82) is 0 Å². The van der Waals surface area contributed by atoms with Crippen molar-refractivity contribution in [3.63, 3.8) is 0 Å². The molecule has 0 heterocycles. The number of benzene rings is 1. The van der Waals surface area contributed by atoms with Crippen molar-refractivity contribution in [3.8, 4) is 0 Å². The van der Waals surface area contributed by atoms with Crippen molar-refractivity contribution < 1.29 is 27.8 Å². The number of rotatable bonds is 13. The summed E-state index contributed by atoms with van der Waals surface area (Å²) in [5.41, 5.74) is 0.440. The van der Waals surface area contributed by atoms with Gasteiger partial charge in [0, 0.05) is 18.1 Å². The van der Waals surface area contributed by atoms with E-state index in [1.54, 1.807) is 6.92 Å². The third-order valence-electron chi connectivity index (χ3n) is 6.11. The van der Waals surface area contributed by atoms with Gasteiger partial charge in [-0.25, -0.2) is 13.6 Å². The van der Waals surface area contributed by atoms with Gasteiger partial charge in [-0.05, 0) is 64.0 Å². The molecule has 186 valence electrons. The maximum Gasteiger partial charge on any atom is 0.338 e. The number of allylic oxidation sites excluding steroid dienone is 1. The smallest absolute Gasteiger partial charge is 0.338 e. The molecule has 2 atom stereocenters. The maximum atomic E-state index is 14.8. The summed E-state index contributed by atoms with van der Waals surface area (Å²) < 4.78 is 46.0. The Morgan fingerprint density at radius 1 is 0.939 bits per heavy atom. The Hall–Kier alpha value is -1.79. The van der Waals surface area contributed by atoms with Gasteiger partial charge in [-0.1, -0.05) is 38.8 Å². The van der Waals surface area contributed by atoms with Crippen LogP contribution in [0.2, 0.25) is 0 Å². The van der Waals surface area contributed by atoms with Crippen LogP contribution in [0.1, 0.15) is 88.6 Å². The van der Waals surface area contributed by atoms with Gasteiger partial charge in [-0.2, -0.15) is 0 Å². The lowest BCUT2D eigenvalue weighted by Crippen LogP contribution is -2.25. The van der Waals surface area contributed by atoms with Crippen LogP contribution in [0, 0.1) is 11.8 Å². The fourth-order valence-corrected chi connectivity index (χ4v) is 4.21. The molecule has 2 rings (SSSR count). The van der Waals surface area contributed by atoms with E-state index in [4.69, 9.17) is 14.2 Å². The van der Waals surface area contributed by atoms with Crippen LogP contribution in [0.5, 0.6) is 0 Å². The topological polar surface area (TPSA) is 44.8 Å². The van der Waals surface area contributed by atoms with Crippen LogP contribution in [0.25, 0.3) is 5.83 Å². The Balaban J connectivity index is 1.85. The zero-order valence-electron chi connectivity index (χ0n) is 20.6. The van der Waals surface area contributed by atoms with Crippen molar-refractivity contribution in [2.45, 2.75) is 84.8 Å². The second kappa shape index (κ2) is 14.5. The van der Waals surface area contributed by atoms with E-state index >= 15 is 0 Å². The molecule has 0 bridgehead atoms. The standard InChI is InChI=1S/C27H40F2O4/c1-5-7-21-8-10-22(11-9-21)25(28)26(29)23-12-14-24(15-13-23)27(30)33-20(4)18-32-19(3)17-31-16-6-2/h12-15,19-22H,5-11,16-18H2,1-4H3/b26-25+/t19-,20+,21?,22?/m1/s1. The summed E-state index contributed by atoms with van der Waals surface area (Å²) in [7, 11) is 0. The first-order valence-corrected chi connectivity index (χ1v) is 12.4. The normalized spacial score (nSPS) is 21.3. The Labute approximate surface area is 197 Å². The zero-order chi connectivity index (χ0) is 24.2. The van der Waals surface area contributed by atoms with Crippen molar-refractivity contribution in [1.82, 2.24) is 0 Å². The summed E-state index contributed by atoms with van der Waals surface area (Å²) in [6.07, 6.45) is 6.00. The number of carbonyl (C=O) groups is 1. The Morgan fingerprint density at radius 2 is 1.58 bits per heavy atom. The fourth-order valence-electron chi connectivity index (χ4n) is 4.21. The molecule has 1 aliphatic rings. The molecule has 0 radical (unpaired) electrons. The van der Waals surface area contributed by atoms with Crippen LogP contribution in [0.15, 0.2) is 30.1 Å². The van der Waals surface area contributed by atoms with E-state index in [-0.39, 0.29) is 24.2 Å². The van der Waals surface area contributed by atoms with E-state index in [0.29, 0.717) is 37.5 Å². The molecule has 0 unspecified atom stereocenters. The zero-order valence-corrected chi connectivity index (χ0v) is 20.6. The van der Waals surface area contributed by atoms with Crippen molar-refractivity contribution in [3.05, 3.63) is 41.2 Å². The number of carbonyl (C=O) groups excluding carboxylic acids is 1. The molecule has 1 fully saturated rings. The molecule has 0 aliphatic heterocycles. The van der Waals surface area contributed by atoms with Gasteiger partial charge in [0.25, 0.3) is 0 Å². The van der Waals surface area contributed by atoms with Crippen LogP contribution in [-0.4, -0.2) is 38.0 Å². The van der Waals surface area contributed by atoms with Crippen LogP contribution < -0.4 is 0 Å². The summed E-state index contributed by atoms with van der Waals surface area (Å²) >= 11 is 0. The van der Waals surface area contributed by atoms with E-state index in [9.17, 15) is 13.6 Å². The molecule has 0 amide bonds. The van der Waals surface area contributed by atoms with E-state index in [0.717, 1.165) is 32.1 Å². The second-order valence-corrected chi connectivity index (χ2v) is 9.18. The van der Waals surface area contributed by atoms with Crippen LogP contribution in [-0.2, 0) is 14.2 Å². The van der Waals surface area contributed by atoms with E-state index in [1.807, 2.05) is 13.8 Å². The highest BCUT2D eigenvalue weighted by molar-refractivity contribution is 5.89. The molecule has 1 aliphatic carbocycles. The average Bonchev–Trinajstić information content (AvgIpc) is 2.83. The lowest BCUT2D eigenvalue weighted by atomic mass is 9.79. The van der Waals surface area contributed by atoms with Crippen molar-refractivity contribution in [2.24, 2.45) is 11.8 Å². The number of hydrogen-bond donors (Lipinski definition) is 0. The van der Waals surface area contributed by atoms with Crippen LogP contribution in [0.4, 0.5) is 8.78 Å². The van der Waals surface area contributed by atoms with E-state index in [1.165, 1.54) is 24.3 Å². The molecule has 6 heteroatoms. The first-order chi connectivity index (χ1) is 15.8. The summed E-state index contributed by atoms with van der Waals surface area (Å²) in [5, 5.41) is 0. The second-order valence-electron chi connectivity index (χ2n) is 9.18. The third-order valence-corrected chi connectivity index (χ3v) is 6.11.